The fourth-order valence-electron chi connectivity index (χ4n) is 1.49. The normalized spacial score (nSPS) is 10.1. The maximum atomic E-state index is 11.7. The van der Waals surface area contributed by atoms with E-state index in [1.165, 1.54) is 0 Å². The van der Waals surface area contributed by atoms with Gasteiger partial charge in [-0.05, 0) is 19.1 Å². The van der Waals surface area contributed by atoms with Crippen molar-refractivity contribution in [3.8, 4) is 0 Å². The van der Waals surface area contributed by atoms with Crippen molar-refractivity contribution in [3.05, 3.63) is 24.2 Å². The van der Waals surface area contributed by atoms with Gasteiger partial charge in [0.25, 0.3) is 0 Å². The fraction of sp³-hybridized carbons (Fsp3) is 0.538. The van der Waals surface area contributed by atoms with Crippen LogP contribution in [0.15, 0.2) is 22.8 Å². The molecule has 0 aliphatic carbocycles. The zero-order chi connectivity index (χ0) is 13.4. The zero-order valence-electron chi connectivity index (χ0n) is 10.8. The number of hydrogen-bond acceptors (Lipinski definition) is 4. The highest BCUT2D eigenvalue weighted by Gasteiger charge is 2.11. The van der Waals surface area contributed by atoms with E-state index in [0.29, 0.717) is 26.0 Å². The molecule has 0 radical (unpaired) electrons. The predicted molar refractivity (Wildman–Crippen MR) is 65.9 cm³/mol. The molecule has 1 amide bonds. The lowest BCUT2D eigenvalue weighted by Crippen LogP contribution is -2.29. The van der Waals surface area contributed by atoms with Gasteiger partial charge in [-0.15, -0.1) is 0 Å². The highest BCUT2D eigenvalue weighted by atomic mass is 16.5. The van der Waals surface area contributed by atoms with E-state index in [1.807, 2.05) is 6.07 Å². The number of esters is 1. The molecule has 0 saturated carbocycles. The summed E-state index contributed by atoms with van der Waals surface area (Å²) in [5.74, 6) is 0.515. The van der Waals surface area contributed by atoms with Gasteiger partial charge in [-0.2, -0.15) is 0 Å². The number of hydrogen-bond donors (Lipinski definition) is 0. The molecule has 5 nitrogen and oxygen atoms in total. The lowest BCUT2D eigenvalue weighted by Gasteiger charge is -2.16. The second kappa shape index (κ2) is 7.53. The minimum atomic E-state index is -0.275. The van der Waals surface area contributed by atoms with Crippen molar-refractivity contribution in [2.75, 3.05) is 20.2 Å². The molecule has 0 aliphatic rings. The highest BCUT2D eigenvalue weighted by molar-refractivity contribution is 5.77. The third-order valence-corrected chi connectivity index (χ3v) is 2.55. The van der Waals surface area contributed by atoms with Gasteiger partial charge in [0.1, 0.15) is 5.76 Å². The van der Waals surface area contributed by atoms with Crippen molar-refractivity contribution in [2.45, 2.75) is 26.2 Å². The lowest BCUT2D eigenvalue weighted by molar-refractivity contribution is -0.143. The first-order chi connectivity index (χ1) is 8.63. The Balaban J connectivity index is 2.22. The number of aryl methyl sites for hydroxylation is 1. The Labute approximate surface area is 107 Å². The van der Waals surface area contributed by atoms with Gasteiger partial charge in [0.2, 0.25) is 5.91 Å². The van der Waals surface area contributed by atoms with E-state index >= 15 is 0 Å². The van der Waals surface area contributed by atoms with E-state index in [-0.39, 0.29) is 18.3 Å². The number of rotatable bonds is 7. The Morgan fingerprint density at radius 1 is 1.39 bits per heavy atom. The van der Waals surface area contributed by atoms with Gasteiger partial charge in [-0.25, -0.2) is 0 Å². The quantitative estimate of drug-likeness (QED) is 0.693. The second-order valence-electron chi connectivity index (χ2n) is 3.95. The molecule has 18 heavy (non-hydrogen) atoms. The van der Waals surface area contributed by atoms with Crippen molar-refractivity contribution in [1.82, 2.24) is 4.90 Å². The maximum absolute atomic E-state index is 11.7. The van der Waals surface area contributed by atoms with Gasteiger partial charge in [0.05, 0.1) is 19.3 Å². The number of amides is 1. The molecule has 0 unspecified atom stereocenters. The first kappa shape index (κ1) is 14.3. The number of furan rings is 1. The Morgan fingerprint density at radius 2 is 2.17 bits per heavy atom. The van der Waals surface area contributed by atoms with E-state index in [4.69, 9.17) is 9.15 Å². The molecule has 0 saturated heterocycles. The van der Waals surface area contributed by atoms with Gasteiger partial charge >= 0.3 is 5.97 Å². The largest absolute Gasteiger partial charge is 0.469 e. The molecule has 1 heterocycles. The average molecular weight is 253 g/mol. The molecule has 5 heteroatoms. The molecule has 100 valence electrons. The Hall–Kier alpha value is -1.78. The van der Waals surface area contributed by atoms with Crippen molar-refractivity contribution >= 4 is 11.9 Å². The lowest BCUT2D eigenvalue weighted by atomic mass is 10.2. The number of nitrogens with zero attached hydrogens (tertiary/aromatic N) is 1. The first-order valence-corrected chi connectivity index (χ1v) is 6.05. The third-order valence-electron chi connectivity index (χ3n) is 2.55. The molecule has 1 aromatic rings. The summed E-state index contributed by atoms with van der Waals surface area (Å²) in [4.78, 5) is 24.4. The minimum absolute atomic E-state index is 0.00398. The molecule has 1 aromatic heterocycles. The van der Waals surface area contributed by atoms with Crippen LogP contribution in [0.25, 0.3) is 0 Å². The second-order valence-corrected chi connectivity index (χ2v) is 3.95. The van der Waals surface area contributed by atoms with Crippen molar-refractivity contribution in [3.63, 3.8) is 0 Å². The van der Waals surface area contributed by atoms with Crippen LogP contribution < -0.4 is 0 Å². The third kappa shape index (κ3) is 5.03. The molecule has 0 aromatic carbocycles. The van der Waals surface area contributed by atoms with E-state index in [1.54, 1.807) is 31.2 Å². The fourth-order valence-corrected chi connectivity index (χ4v) is 1.49. The molecule has 0 N–H and O–H groups in total. The first-order valence-electron chi connectivity index (χ1n) is 6.05. The topological polar surface area (TPSA) is 59.8 Å². The predicted octanol–water partition coefficient (Wildman–Crippen LogP) is 1.62. The van der Waals surface area contributed by atoms with Crippen LogP contribution in [0.3, 0.4) is 0 Å². The summed E-state index contributed by atoms with van der Waals surface area (Å²) >= 11 is 0. The van der Waals surface area contributed by atoms with E-state index in [0.717, 1.165) is 5.76 Å². The van der Waals surface area contributed by atoms with Gasteiger partial charge in [0, 0.05) is 26.4 Å². The van der Waals surface area contributed by atoms with Gasteiger partial charge < -0.3 is 14.1 Å². The summed E-state index contributed by atoms with van der Waals surface area (Å²) < 4.78 is 9.95. The van der Waals surface area contributed by atoms with Gasteiger partial charge in [-0.3, -0.25) is 9.59 Å². The van der Waals surface area contributed by atoms with Gasteiger partial charge in [0.15, 0.2) is 0 Å². The zero-order valence-corrected chi connectivity index (χ0v) is 10.8. The summed E-state index contributed by atoms with van der Waals surface area (Å²) in [5, 5.41) is 0. The Morgan fingerprint density at radius 3 is 2.78 bits per heavy atom. The highest BCUT2D eigenvalue weighted by Crippen LogP contribution is 2.05. The summed E-state index contributed by atoms with van der Waals surface area (Å²) in [7, 11) is 1.68. The monoisotopic (exact) mass is 253 g/mol. The van der Waals surface area contributed by atoms with E-state index in [9.17, 15) is 9.59 Å². The van der Waals surface area contributed by atoms with Crippen LogP contribution in [0.1, 0.15) is 25.5 Å². The SMILES string of the molecule is CCOC(=O)CCN(C)C(=O)CCc1ccco1. The minimum Gasteiger partial charge on any atom is -0.469 e. The summed E-state index contributed by atoms with van der Waals surface area (Å²) in [6.07, 6.45) is 2.78. The summed E-state index contributed by atoms with van der Waals surface area (Å²) in [6, 6.07) is 3.64. The van der Waals surface area contributed by atoms with Crippen molar-refractivity contribution in [1.29, 1.82) is 0 Å². The van der Waals surface area contributed by atoms with Crippen LogP contribution >= 0.6 is 0 Å². The van der Waals surface area contributed by atoms with Crippen LogP contribution in [0.4, 0.5) is 0 Å². The molecule has 0 atom stereocenters. The summed E-state index contributed by atoms with van der Waals surface area (Å²) in [6.45, 7) is 2.51. The number of carbonyl (C=O) groups is 2. The van der Waals surface area contributed by atoms with Crippen LogP contribution in [0, 0.1) is 0 Å². The van der Waals surface area contributed by atoms with E-state index < -0.39 is 0 Å². The van der Waals surface area contributed by atoms with Crippen molar-refractivity contribution in [2.24, 2.45) is 0 Å². The Kier molecular flexibility index (Phi) is 5.97. The van der Waals surface area contributed by atoms with Gasteiger partial charge in [-0.1, -0.05) is 0 Å². The van der Waals surface area contributed by atoms with Crippen LogP contribution in [0.5, 0.6) is 0 Å². The summed E-state index contributed by atoms with van der Waals surface area (Å²) in [5.41, 5.74) is 0. The molecule has 1 rings (SSSR count). The molecular formula is C13H19NO4. The molecular weight excluding hydrogens is 234 g/mol. The molecule has 0 aliphatic heterocycles. The van der Waals surface area contributed by atoms with Crippen molar-refractivity contribution < 1.29 is 18.7 Å². The standard InChI is InChI=1S/C13H19NO4/c1-3-17-13(16)8-9-14(2)12(15)7-6-11-5-4-10-18-11/h4-5,10H,3,6-9H2,1-2H3. The average Bonchev–Trinajstić information content (AvgIpc) is 2.86. The van der Waals surface area contributed by atoms with Crippen LogP contribution in [-0.2, 0) is 20.7 Å². The van der Waals surface area contributed by atoms with E-state index in [2.05, 4.69) is 0 Å². The molecule has 0 spiro atoms. The Bertz CT molecular complexity index is 372. The number of carbonyl (C=O) groups excluding carboxylic acids is 2. The maximum Gasteiger partial charge on any atom is 0.307 e. The molecule has 0 fully saturated rings. The van der Waals surface area contributed by atoms with Crippen LogP contribution in [-0.4, -0.2) is 37.0 Å². The number of ether oxygens (including phenoxy) is 1. The smallest absolute Gasteiger partial charge is 0.307 e. The molecule has 0 bridgehead atoms. The van der Waals surface area contributed by atoms with Crippen LogP contribution in [0.2, 0.25) is 0 Å².